The van der Waals surface area contributed by atoms with Crippen LogP contribution in [0.3, 0.4) is 0 Å². The van der Waals surface area contributed by atoms with Gasteiger partial charge < -0.3 is 9.64 Å². The van der Waals surface area contributed by atoms with E-state index in [9.17, 15) is 4.79 Å². The molecule has 1 aliphatic heterocycles. The molecule has 1 aromatic heterocycles. The highest BCUT2D eigenvalue weighted by molar-refractivity contribution is 7.15. The second-order valence-corrected chi connectivity index (χ2v) is 5.46. The van der Waals surface area contributed by atoms with Crippen LogP contribution in [-0.4, -0.2) is 47.9 Å². The highest BCUT2D eigenvalue weighted by Crippen LogP contribution is 2.17. The van der Waals surface area contributed by atoms with Crippen molar-refractivity contribution >= 4 is 22.5 Å². The van der Waals surface area contributed by atoms with Crippen molar-refractivity contribution < 1.29 is 9.53 Å². The van der Waals surface area contributed by atoms with Crippen LogP contribution in [-0.2, 0) is 11.2 Å². The zero-order valence-corrected chi connectivity index (χ0v) is 11.5. The molecule has 1 N–H and O–H groups in total. The zero-order chi connectivity index (χ0) is 13.0. The lowest BCUT2D eigenvalue weighted by atomic mass is 10.1. The maximum atomic E-state index is 11.9. The summed E-state index contributed by atoms with van der Waals surface area (Å²) in [7, 11) is 1.79. The summed E-state index contributed by atoms with van der Waals surface area (Å²) in [6, 6.07) is -0.138. The van der Waals surface area contributed by atoms with Gasteiger partial charge in [0.15, 0.2) is 0 Å². The number of nitrogens with one attached hydrogen (secondary N) is 1. The minimum Gasteiger partial charge on any atom is -0.381 e. The van der Waals surface area contributed by atoms with Gasteiger partial charge in [-0.1, -0.05) is 18.3 Å². The highest BCUT2D eigenvalue weighted by atomic mass is 32.1. The van der Waals surface area contributed by atoms with Crippen molar-refractivity contribution in [3.63, 3.8) is 0 Å². The van der Waals surface area contributed by atoms with Crippen molar-refractivity contribution in [3.8, 4) is 0 Å². The molecule has 2 rings (SSSR count). The third-order valence-corrected chi connectivity index (χ3v) is 3.87. The first kappa shape index (κ1) is 13.2. The van der Waals surface area contributed by atoms with E-state index in [1.54, 1.807) is 11.9 Å². The van der Waals surface area contributed by atoms with E-state index < -0.39 is 0 Å². The average molecular weight is 270 g/mol. The summed E-state index contributed by atoms with van der Waals surface area (Å²) >= 11 is 1.42. The molecule has 0 bridgehead atoms. The predicted molar refractivity (Wildman–Crippen MR) is 69.9 cm³/mol. The van der Waals surface area contributed by atoms with Gasteiger partial charge in [0.2, 0.25) is 5.13 Å². The summed E-state index contributed by atoms with van der Waals surface area (Å²) in [4.78, 5) is 13.6. The van der Waals surface area contributed by atoms with E-state index in [0.29, 0.717) is 17.6 Å². The SMILES string of the molecule is CCc1nnc(NC(=O)N(C)CC2CCOC2)s1. The second kappa shape index (κ2) is 6.10. The lowest BCUT2D eigenvalue weighted by Crippen LogP contribution is -2.35. The van der Waals surface area contributed by atoms with Crippen LogP contribution >= 0.6 is 11.3 Å². The monoisotopic (exact) mass is 270 g/mol. The van der Waals surface area contributed by atoms with Crippen LogP contribution in [0, 0.1) is 5.92 Å². The van der Waals surface area contributed by atoms with E-state index in [0.717, 1.165) is 31.1 Å². The van der Waals surface area contributed by atoms with Gasteiger partial charge in [0.1, 0.15) is 5.01 Å². The Kier molecular flexibility index (Phi) is 4.48. The van der Waals surface area contributed by atoms with Crippen LogP contribution in [0.5, 0.6) is 0 Å². The summed E-state index contributed by atoms with van der Waals surface area (Å²) < 4.78 is 5.30. The van der Waals surface area contributed by atoms with Gasteiger partial charge in [-0.15, -0.1) is 10.2 Å². The number of amides is 2. The maximum Gasteiger partial charge on any atom is 0.323 e. The topological polar surface area (TPSA) is 67.4 Å². The van der Waals surface area contributed by atoms with E-state index in [2.05, 4.69) is 15.5 Å². The molecule has 7 heteroatoms. The molecule has 18 heavy (non-hydrogen) atoms. The minimum absolute atomic E-state index is 0.138. The maximum absolute atomic E-state index is 11.9. The minimum atomic E-state index is -0.138. The molecule has 0 saturated carbocycles. The largest absolute Gasteiger partial charge is 0.381 e. The van der Waals surface area contributed by atoms with Gasteiger partial charge >= 0.3 is 6.03 Å². The molecule has 6 nitrogen and oxygen atoms in total. The number of carbonyl (C=O) groups is 1. The van der Waals surface area contributed by atoms with Crippen LogP contribution in [0.25, 0.3) is 0 Å². The Balaban J connectivity index is 1.82. The molecule has 100 valence electrons. The van der Waals surface area contributed by atoms with Crippen LogP contribution in [0.4, 0.5) is 9.93 Å². The molecule has 1 saturated heterocycles. The lowest BCUT2D eigenvalue weighted by molar-refractivity contribution is 0.175. The lowest BCUT2D eigenvalue weighted by Gasteiger charge is -2.19. The summed E-state index contributed by atoms with van der Waals surface area (Å²) in [5, 5.41) is 12.1. The molecule has 0 aliphatic carbocycles. The number of nitrogens with zero attached hydrogens (tertiary/aromatic N) is 3. The van der Waals surface area contributed by atoms with Crippen molar-refractivity contribution in [1.82, 2.24) is 15.1 Å². The van der Waals surface area contributed by atoms with Crippen molar-refractivity contribution in [1.29, 1.82) is 0 Å². The molecule has 2 amide bonds. The number of ether oxygens (including phenoxy) is 1. The molecule has 0 spiro atoms. The second-order valence-electron chi connectivity index (χ2n) is 4.39. The van der Waals surface area contributed by atoms with E-state index >= 15 is 0 Å². The summed E-state index contributed by atoms with van der Waals surface area (Å²) in [6.07, 6.45) is 1.86. The molecule has 0 aromatic carbocycles. The number of aromatic nitrogens is 2. The number of hydrogen-bond donors (Lipinski definition) is 1. The number of rotatable bonds is 4. The fraction of sp³-hybridized carbons (Fsp3) is 0.727. The smallest absolute Gasteiger partial charge is 0.323 e. The molecule has 0 radical (unpaired) electrons. The van der Waals surface area contributed by atoms with Gasteiger partial charge in [-0.05, 0) is 12.8 Å². The van der Waals surface area contributed by atoms with E-state index in [4.69, 9.17) is 4.74 Å². The zero-order valence-electron chi connectivity index (χ0n) is 10.7. The fourth-order valence-corrected chi connectivity index (χ4v) is 2.50. The van der Waals surface area contributed by atoms with Gasteiger partial charge in [-0.2, -0.15) is 0 Å². The first-order valence-corrected chi connectivity index (χ1v) is 6.93. The fourth-order valence-electron chi connectivity index (χ4n) is 1.83. The Bertz CT molecular complexity index is 404. The third-order valence-electron chi connectivity index (χ3n) is 2.89. The standard InChI is InChI=1S/C11H18N4O2S/c1-3-9-13-14-10(18-9)12-11(16)15(2)6-8-4-5-17-7-8/h8H,3-7H2,1-2H3,(H,12,14,16). The number of anilines is 1. The molecule has 1 fully saturated rings. The van der Waals surface area contributed by atoms with Crippen LogP contribution < -0.4 is 5.32 Å². The van der Waals surface area contributed by atoms with Crippen LogP contribution in [0.15, 0.2) is 0 Å². The Morgan fingerprint density at radius 2 is 2.44 bits per heavy atom. The normalized spacial score (nSPS) is 18.9. The molecular formula is C11H18N4O2S. The Labute approximate surface area is 110 Å². The Morgan fingerprint density at radius 3 is 3.06 bits per heavy atom. The van der Waals surface area contributed by atoms with Gasteiger partial charge in [0.05, 0.1) is 6.61 Å². The van der Waals surface area contributed by atoms with Crippen molar-refractivity contribution in [3.05, 3.63) is 5.01 Å². The number of hydrogen-bond acceptors (Lipinski definition) is 5. The first-order valence-electron chi connectivity index (χ1n) is 6.11. The molecule has 2 heterocycles. The van der Waals surface area contributed by atoms with Crippen molar-refractivity contribution in [2.75, 3.05) is 32.1 Å². The highest BCUT2D eigenvalue weighted by Gasteiger charge is 2.20. The van der Waals surface area contributed by atoms with Gasteiger partial charge in [-0.25, -0.2) is 4.79 Å². The third kappa shape index (κ3) is 3.39. The summed E-state index contributed by atoms with van der Waals surface area (Å²) in [5.74, 6) is 0.446. The molecule has 1 aliphatic rings. The Hall–Kier alpha value is -1.21. The van der Waals surface area contributed by atoms with E-state index in [1.165, 1.54) is 11.3 Å². The molecule has 1 aromatic rings. The number of carbonyl (C=O) groups excluding carboxylic acids is 1. The Morgan fingerprint density at radius 1 is 1.61 bits per heavy atom. The number of aryl methyl sites for hydroxylation is 1. The van der Waals surface area contributed by atoms with Gasteiger partial charge in [-0.3, -0.25) is 5.32 Å². The average Bonchev–Trinajstić information content (AvgIpc) is 3.00. The molecule has 1 unspecified atom stereocenters. The summed E-state index contributed by atoms with van der Waals surface area (Å²) in [5.41, 5.74) is 0. The van der Waals surface area contributed by atoms with E-state index in [-0.39, 0.29) is 6.03 Å². The predicted octanol–water partition coefficient (Wildman–Crippen LogP) is 1.60. The summed E-state index contributed by atoms with van der Waals surface area (Å²) in [6.45, 7) is 4.27. The van der Waals surface area contributed by atoms with Gasteiger partial charge in [0, 0.05) is 26.1 Å². The first-order chi connectivity index (χ1) is 8.69. The van der Waals surface area contributed by atoms with Crippen molar-refractivity contribution in [2.24, 2.45) is 5.92 Å². The van der Waals surface area contributed by atoms with Gasteiger partial charge in [0.25, 0.3) is 0 Å². The van der Waals surface area contributed by atoms with Crippen LogP contribution in [0.1, 0.15) is 18.4 Å². The molecule has 1 atom stereocenters. The quantitative estimate of drug-likeness (QED) is 0.902. The number of urea groups is 1. The van der Waals surface area contributed by atoms with Crippen LogP contribution in [0.2, 0.25) is 0 Å². The molecular weight excluding hydrogens is 252 g/mol. The van der Waals surface area contributed by atoms with E-state index in [1.807, 2.05) is 6.92 Å². The van der Waals surface area contributed by atoms with Crippen molar-refractivity contribution in [2.45, 2.75) is 19.8 Å².